The van der Waals surface area contributed by atoms with Crippen molar-refractivity contribution in [2.75, 3.05) is 20.2 Å². The fourth-order valence-corrected chi connectivity index (χ4v) is 5.11. The number of likely N-dealkylation sites (tertiary alicyclic amines) is 1. The minimum absolute atomic E-state index is 0.219. The van der Waals surface area contributed by atoms with E-state index < -0.39 is 22.8 Å². The largest absolute Gasteiger partial charge is 0.492 e. The number of thiazole rings is 1. The molecule has 10 heteroatoms. The molecular formula is C21H17F2N3O4S. The van der Waals surface area contributed by atoms with Gasteiger partial charge in [0.05, 0.1) is 12.3 Å². The Morgan fingerprint density at radius 3 is 2.77 bits per heavy atom. The monoisotopic (exact) mass is 445 g/mol. The zero-order valence-electron chi connectivity index (χ0n) is 16.4. The summed E-state index contributed by atoms with van der Waals surface area (Å²) in [5, 5.41) is 8.77. The Morgan fingerprint density at radius 1 is 1.35 bits per heavy atom. The molecule has 0 bridgehead atoms. The molecular weight excluding hydrogens is 428 g/mol. The number of aliphatic hydroxyl groups is 1. The second-order valence-corrected chi connectivity index (χ2v) is 9.10. The molecule has 160 valence electrons. The van der Waals surface area contributed by atoms with Gasteiger partial charge in [-0.3, -0.25) is 9.59 Å². The Balaban J connectivity index is 1.57. The number of hydrogen-bond donors (Lipinski definition) is 1. The third-order valence-corrected chi connectivity index (χ3v) is 7.25. The number of hydrogen-bond acceptors (Lipinski definition) is 6. The summed E-state index contributed by atoms with van der Waals surface area (Å²) in [6.45, 7) is 0.798. The number of halogens is 2. The first-order chi connectivity index (χ1) is 14.7. The number of benzene rings is 1. The van der Waals surface area contributed by atoms with Gasteiger partial charge in [-0.25, -0.2) is 4.98 Å². The molecule has 7 nitrogen and oxygen atoms in total. The van der Waals surface area contributed by atoms with Crippen molar-refractivity contribution in [2.24, 2.45) is 0 Å². The lowest BCUT2D eigenvalue weighted by Crippen LogP contribution is -2.37. The summed E-state index contributed by atoms with van der Waals surface area (Å²) in [5.41, 5.74) is -0.544. The van der Waals surface area contributed by atoms with Crippen molar-refractivity contribution >= 4 is 23.2 Å². The number of rotatable bonds is 1. The summed E-state index contributed by atoms with van der Waals surface area (Å²) in [6, 6.07) is 5.09. The van der Waals surface area contributed by atoms with Crippen LogP contribution in [0.1, 0.15) is 39.5 Å². The van der Waals surface area contributed by atoms with Crippen LogP contribution in [0.3, 0.4) is 0 Å². The van der Waals surface area contributed by atoms with Gasteiger partial charge in [0.25, 0.3) is 5.91 Å². The molecule has 0 radical (unpaired) electrons. The van der Waals surface area contributed by atoms with E-state index in [1.807, 2.05) is 0 Å². The van der Waals surface area contributed by atoms with Crippen LogP contribution in [0, 0.1) is 11.8 Å². The molecule has 2 amide bonds. The van der Waals surface area contributed by atoms with Crippen molar-refractivity contribution in [3.63, 3.8) is 0 Å². The molecule has 3 heterocycles. The lowest BCUT2D eigenvalue weighted by atomic mass is 9.99. The minimum Gasteiger partial charge on any atom is -0.492 e. The predicted molar refractivity (Wildman–Crippen MR) is 106 cm³/mol. The summed E-state index contributed by atoms with van der Waals surface area (Å²) in [6.07, 6.45) is 1.87. The van der Waals surface area contributed by atoms with Crippen LogP contribution in [0.5, 0.6) is 5.75 Å². The van der Waals surface area contributed by atoms with Crippen LogP contribution >= 0.6 is 11.3 Å². The molecule has 1 aromatic carbocycles. The lowest BCUT2D eigenvalue weighted by Gasteiger charge is -2.13. The average molecular weight is 445 g/mol. The third-order valence-electron chi connectivity index (χ3n) is 5.96. The van der Waals surface area contributed by atoms with Crippen LogP contribution in [0.15, 0.2) is 18.2 Å². The number of carbonyl (C=O) groups is 2. The molecule has 2 fully saturated rings. The van der Waals surface area contributed by atoms with E-state index in [4.69, 9.17) is 4.74 Å². The van der Waals surface area contributed by atoms with Crippen molar-refractivity contribution in [1.82, 2.24) is 15.2 Å². The van der Waals surface area contributed by atoms with E-state index >= 15 is 0 Å². The van der Waals surface area contributed by atoms with Gasteiger partial charge in [-0.05, 0) is 31.0 Å². The van der Waals surface area contributed by atoms with Gasteiger partial charge in [0.1, 0.15) is 5.75 Å². The first-order valence-corrected chi connectivity index (χ1v) is 10.5. The number of ether oxygens (including phenoxy) is 1. The van der Waals surface area contributed by atoms with Crippen LogP contribution in [-0.4, -0.2) is 57.9 Å². The average Bonchev–Trinajstić information content (AvgIpc) is 3.37. The van der Waals surface area contributed by atoms with E-state index in [2.05, 4.69) is 16.8 Å². The van der Waals surface area contributed by atoms with Crippen molar-refractivity contribution in [1.29, 1.82) is 0 Å². The molecule has 0 unspecified atom stereocenters. The predicted octanol–water partition coefficient (Wildman–Crippen LogP) is 2.39. The summed E-state index contributed by atoms with van der Waals surface area (Å²) in [4.78, 5) is 30.4. The maximum absolute atomic E-state index is 12.8. The SMILES string of the molecule is CN1CC[C@@](O)(C#Cc2ccc3c(c2)-c2nc(C(=O)N(F)F)sc2C2(CC2)CO3)C1=O. The van der Waals surface area contributed by atoms with Gasteiger partial charge >= 0.3 is 5.91 Å². The Labute approximate surface area is 180 Å². The normalized spacial score (nSPS) is 22.7. The highest BCUT2D eigenvalue weighted by Gasteiger charge is 2.51. The Bertz CT molecular complexity index is 1180. The fourth-order valence-electron chi connectivity index (χ4n) is 3.89. The molecule has 3 aliphatic rings. The number of likely N-dealkylation sites (N-methyl/N-ethyl adjacent to an activating group) is 1. The molecule has 1 aliphatic carbocycles. The molecule has 1 atom stereocenters. The molecule has 1 saturated heterocycles. The highest BCUT2D eigenvalue weighted by atomic mass is 32.1. The van der Waals surface area contributed by atoms with E-state index in [0.29, 0.717) is 35.7 Å². The Kier molecular flexibility index (Phi) is 4.32. The van der Waals surface area contributed by atoms with Crippen molar-refractivity contribution < 1.29 is 28.4 Å². The van der Waals surface area contributed by atoms with Gasteiger partial charge in [0, 0.05) is 46.8 Å². The fraction of sp³-hybridized carbons (Fsp3) is 0.381. The second-order valence-electron chi connectivity index (χ2n) is 8.10. The molecule has 2 aliphatic heterocycles. The van der Waals surface area contributed by atoms with Crippen molar-refractivity contribution in [3.8, 4) is 28.8 Å². The molecule has 1 aromatic heterocycles. The van der Waals surface area contributed by atoms with Crippen molar-refractivity contribution in [2.45, 2.75) is 30.3 Å². The minimum atomic E-state index is -1.73. The zero-order valence-corrected chi connectivity index (χ0v) is 17.3. The van der Waals surface area contributed by atoms with Crippen LogP contribution < -0.4 is 4.74 Å². The zero-order chi connectivity index (χ0) is 22.0. The summed E-state index contributed by atoms with van der Waals surface area (Å²) in [5.74, 6) is 4.14. The second kappa shape index (κ2) is 6.73. The van der Waals surface area contributed by atoms with E-state index in [1.54, 1.807) is 25.2 Å². The summed E-state index contributed by atoms with van der Waals surface area (Å²) >= 11 is 0.969. The molecule has 31 heavy (non-hydrogen) atoms. The molecule has 2 aromatic rings. The summed E-state index contributed by atoms with van der Waals surface area (Å²) in [7, 11) is 1.61. The topological polar surface area (TPSA) is 83.0 Å². The van der Waals surface area contributed by atoms with E-state index in [1.165, 1.54) is 4.90 Å². The molecule has 1 saturated carbocycles. The van der Waals surface area contributed by atoms with Gasteiger partial charge in [0.2, 0.25) is 5.60 Å². The Morgan fingerprint density at radius 2 is 2.13 bits per heavy atom. The highest BCUT2D eigenvalue weighted by molar-refractivity contribution is 7.14. The quantitative estimate of drug-likeness (QED) is 0.539. The Hall–Kier alpha value is -3.03. The van der Waals surface area contributed by atoms with Gasteiger partial charge in [0.15, 0.2) is 5.01 Å². The number of fused-ring (bicyclic) bond motifs is 4. The number of amides is 2. The van der Waals surface area contributed by atoms with Gasteiger partial charge in [-0.1, -0.05) is 20.8 Å². The van der Waals surface area contributed by atoms with Gasteiger partial charge in [-0.2, -0.15) is 0 Å². The maximum Gasteiger partial charge on any atom is 0.342 e. The first kappa shape index (κ1) is 19.9. The first-order valence-electron chi connectivity index (χ1n) is 9.68. The van der Waals surface area contributed by atoms with Crippen LogP contribution in [0.2, 0.25) is 0 Å². The van der Waals surface area contributed by atoms with Crippen LogP contribution in [0.4, 0.5) is 8.96 Å². The lowest BCUT2D eigenvalue weighted by molar-refractivity contribution is -0.137. The summed E-state index contributed by atoms with van der Waals surface area (Å²) < 4.78 is 31.6. The van der Waals surface area contributed by atoms with E-state index in [0.717, 1.165) is 29.1 Å². The van der Waals surface area contributed by atoms with Crippen LogP contribution in [-0.2, 0) is 10.2 Å². The standard InChI is InChI=1S/C21H17F2N3O4S/c1-25-9-8-21(29,19(25)28)5-4-12-2-3-14-13(10-12)15-16(20(6-7-20)11-30-14)31-17(24-15)18(27)26(22)23/h2-3,10,29H,6-9,11H2,1H3/t21-/m0/s1. The van der Waals surface area contributed by atoms with Gasteiger partial charge in [-0.15, -0.1) is 11.3 Å². The third kappa shape index (κ3) is 3.16. The number of nitrogens with zero attached hydrogens (tertiary/aromatic N) is 3. The number of carbonyl (C=O) groups excluding carboxylic acids is 2. The maximum atomic E-state index is 12.8. The molecule has 5 rings (SSSR count). The van der Waals surface area contributed by atoms with Crippen LogP contribution in [0.25, 0.3) is 11.3 Å². The smallest absolute Gasteiger partial charge is 0.342 e. The van der Waals surface area contributed by atoms with E-state index in [-0.39, 0.29) is 16.8 Å². The van der Waals surface area contributed by atoms with Crippen molar-refractivity contribution in [3.05, 3.63) is 33.6 Å². The van der Waals surface area contributed by atoms with Gasteiger partial charge < -0.3 is 14.7 Å². The van der Waals surface area contributed by atoms with E-state index in [9.17, 15) is 23.7 Å². The molecule has 1 N–H and O–H groups in total. The number of aromatic nitrogens is 1. The molecule has 1 spiro atoms. The highest BCUT2D eigenvalue weighted by Crippen LogP contribution is 2.56.